The van der Waals surface area contributed by atoms with Gasteiger partial charge in [0.05, 0.1) is 38.8 Å². The molecule has 186 valence electrons. The molecule has 0 radical (unpaired) electrons. The number of esters is 1. The SMILES string of the molecule is CCOC(=O)c1scc2[nH]c(=O)n(-c3cc(S(=O)(=O)N4CCCc5ccccc54)ccc3Cl)c(=O)c12. The number of anilines is 1. The largest absolute Gasteiger partial charge is 0.462 e. The summed E-state index contributed by atoms with van der Waals surface area (Å²) < 4.78 is 34.4. The molecule has 0 fully saturated rings. The molecule has 1 aliphatic rings. The number of rotatable bonds is 5. The summed E-state index contributed by atoms with van der Waals surface area (Å²) in [5, 5.41) is 1.44. The molecule has 0 amide bonds. The third kappa shape index (κ3) is 3.93. The van der Waals surface area contributed by atoms with Crippen molar-refractivity contribution in [3.8, 4) is 5.69 Å². The van der Waals surface area contributed by atoms with Crippen LogP contribution < -0.4 is 15.6 Å². The molecule has 5 rings (SSSR count). The highest BCUT2D eigenvalue weighted by Gasteiger charge is 2.30. The number of sulfonamides is 1. The van der Waals surface area contributed by atoms with Crippen LogP contribution in [0.5, 0.6) is 0 Å². The molecular formula is C24H20ClN3O6S2. The zero-order valence-electron chi connectivity index (χ0n) is 19.0. The summed E-state index contributed by atoms with van der Waals surface area (Å²) in [6.07, 6.45) is 1.42. The molecule has 3 heterocycles. The minimum Gasteiger partial charge on any atom is -0.462 e. The van der Waals surface area contributed by atoms with E-state index < -0.39 is 27.2 Å². The molecule has 0 spiro atoms. The van der Waals surface area contributed by atoms with Crippen LogP contribution in [0.15, 0.2) is 62.3 Å². The van der Waals surface area contributed by atoms with E-state index >= 15 is 0 Å². The number of aryl methyl sites for hydroxylation is 1. The molecule has 36 heavy (non-hydrogen) atoms. The average molecular weight is 546 g/mol. The van der Waals surface area contributed by atoms with E-state index in [1.54, 1.807) is 19.1 Å². The predicted octanol–water partition coefficient (Wildman–Crippen LogP) is 3.71. The summed E-state index contributed by atoms with van der Waals surface area (Å²) in [5.74, 6) is -0.695. The zero-order valence-corrected chi connectivity index (χ0v) is 21.4. The fourth-order valence-corrected chi connectivity index (χ4v) is 6.95. The number of hydrogen-bond acceptors (Lipinski definition) is 7. The van der Waals surface area contributed by atoms with Gasteiger partial charge in [0.25, 0.3) is 15.6 Å². The number of carbonyl (C=O) groups excluding carboxylic acids is 1. The van der Waals surface area contributed by atoms with Crippen molar-refractivity contribution in [3.05, 3.63) is 84.1 Å². The lowest BCUT2D eigenvalue weighted by Crippen LogP contribution is -2.36. The quantitative estimate of drug-likeness (QED) is 0.382. The molecule has 1 N–H and O–H groups in total. The molecule has 4 aromatic rings. The minimum absolute atomic E-state index is 0.00661. The van der Waals surface area contributed by atoms with Crippen molar-refractivity contribution >= 4 is 55.5 Å². The van der Waals surface area contributed by atoms with Gasteiger partial charge in [0.2, 0.25) is 0 Å². The maximum Gasteiger partial charge on any atom is 0.349 e. The lowest BCUT2D eigenvalue weighted by Gasteiger charge is -2.30. The van der Waals surface area contributed by atoms with Crippen LogP contribution >= 0.6 is 22.9 Å². The number of nitrogens with one attached hydrogen (secondary N) is 1. The second kappa shape index (κ2) is 9.23. The van der Waals surface area contributed by atoms with Crippen molar-refractivity contribution in [2.45, 2.75) is 24.7 Å². The van der Waals surface area contributed by atoms with E-state index in [2.05, 4.69) is 4.98 Å². The van der Waals surface area contributed by atoms with Gasteiger partial charge in [0, 0.05) is 11.9 Å². The van der Waals surface area contributed by atoms with Crippen LogP contribution in [-0.4, -0.2) is 37.1 Å². The monoisotopic (exact) mass is 545 g/mol. The molecule has 0 saturated carbocycles. The molecule has 0 atom stereocenters. The van der Waals surface area contributed by atoms with Crippen molar-refractivity contribution in [1.82, 2.24) is 9.55 Å². The van der Waals surface area contributed by atoms with Crippen LogP contribution in [0.3, 0.4) is 0 Å². The summed E-state index contributed by atoms with van der Waals surface area (Å²) in [6.45, 7) is 2.04. The van der Waals surface area contributed by atoms with Crippen LogP contribution in [0.25, 0.3) is 16.6 Å². The first kappa shape index (κ1) is 24.3. The first-order chi connectivity index (χ1) is 17.2. The number of aromatic nitrogens is 2. The third-order valence-electron chi connectivity index (χ3n) is 5.93. The number of para-hydroxylation sites is 1. The maximum absolute atomic E-state index is 13.7. The van der Waals surface area contributed by atoms with E-state index in [1.165, 1.54) is 27.9 Å². The Morgan fingerprint density at radius 1 is 1.17 bits per heavy atom. The van der Waals surface area contributed by atoms with Crippen molar-refractivity contribution < 1.29 is 17.9 Å². The molecule has 12 heteroatoms. The van der Waals surface area contributed by atoms with Gasteiger partial charge < -0.3 is 9.72 Å². The smallest absolute Gasteiger partial charge is 0.349 e. The summed E-state index contributed by atoms with van der Waals surface area (Å²) in [6, 6.07) is 11.1. The summed E-state index contributed by atoms with van der Waals surface area (Å²) >= 11 is 7.33. The minimum atomic E-state index is -4.03. The highest BCUT2D eigenvalue weighted by molar-refractivity contribution is 7.92. The number of nitrogens with zero attached hydrogens (tertiary/aromatic N) is 2. The highest BCUT2D eigenvalue weighted by Crippen LogP contribution is 2.33. The second-order valence-electron chi connectivity index (χ2n) is 8.07. The maximum atomic E-state index is 13.7. The predicted molar refractivity (Wildman–Crippen MR) is 138 cm³/mol. The summed E-state index contributed by atoms with van der Waals surface area (Å²) in [7, 11) is -4.03. The number of H-pyrrole nitrogens is 1. The van der Waals surface area contributed by atoms with E-state index in [-0.39, 0.29) is 38.0 Å². The second-order valence-corrected chi connectivity index (χ2v) is 11.2. The van der Waals surface area contributed by atoms with Gasteiger partial charge in [-0.1, -0.05) is 29.8 Å². The average Bonchev–Trinajstić information content (AvgIpc) is 3.29. The van der Waals surface area contributed by atoms with E-state index in [0.29, 0.717) is 18.7 Å². The number of hydrogen-bond donors (Lipinski definition) is 1. The topological polar surface area (TPSA) is 119 Å². The number of carbonyl (C=O) groups is 1. The number of ether oxygens (including phenoxy) is 1. The fourth-order valence-electron chi connectivity index (χ4n) is 4.30. The molecule has 0 bridgehead atoms. The van der Waals surface area contributed by atoms with Gasteiger partial charge in [-0.25, -0.2) is 22.6 Å². The molecule has 1 aliphatic heterocycles. The van der Waals surface area contributed by atoms with Crippen molar-refractivity contribution in [2.24, 2.45) is 0 Å². The van der Waals surface area contributed by atoms with Crippen LogP contribution in [-0.2, 0) is 21.2 Å². The number of aromatic amines is 1. The summed E-state index contributed by atoms with van der Waals surface area (Å²) in [5.41, 5.74) is -0.0489. The van der Waals surface area contributed by atoms with E-state index in [9.17, 15) is 22.8 Å². The Morgan fingerprint density at radius 2 is 1.94 bits per heavy atom. The lowest BCUT2D eigenvalue weighted by atomic mass is 10.0. The van der Waals surface area contributed by atoms with Crippen LogP contribution in [0, 0.1) is 0 Å². The molecular weight excluding hydrogens is 526 g/mol. The number of fused-ring (bicyclic) bond motifs is 2. The fraction of sp³-hybridized carbons (Fsp3) is 0.208. The van der Waals surface area contributed by atoms with Gasteiger partial charge in [-0.3, -0.25) is 9.10 Å². The number of halogens is 1. The molecule has 9 nitrogen and oxygen atoms in total. The molecule has 0 saturated heterocycles. The van der Waals surface area contributed by atoms with Gasteiger partial charge in [0.15, 0.2) is 0 Å². The normalized spacial score (nSPS) is 13.6. The molecule has 2 aromatic heterocycles. The Hall–Kier alpha value is -3.41. The van der Waals surface area contributed by atoms with Gasteiger partial charge in [-0.05, 0) is 49.6 Å². The summed E-state index contributed by atoms with van der Waals surface area (Å²) in [4.78, 5) is 41.2. The van der Waals surface area contributed by atoms with Crippen LogP contribution in [0.1, 0.15) is 28.6 Å². The Labute approximate surface area is 214 Å². The Balaban J connectivity index is 1.68. The number of thiophene rings is 1. The number of benzene rings is 2. The Kier molecular flexibility index (Phi) is 6.23. The molecule has 0 aliphatic carbocycles. The third-order valence-corrected chi connectivity index (χ3v) is 9.02. The van der Waals surface area contributed by atoms with Gasteiger partial charge in [-0.2, -0.15) is 0 Å². The van der Waals surface area contributed by atoms with Crippen LogP contribution in [0.2, 0.25) is 5.02 Å². The van der Waals surface area contributed by atoms with E-state index in [0.717, 1.165) is 27.9 Å². The van der Waals surface area contributed by atoms with Crippen LogP contribution in [0.4, 0.5) is 5.69 Å². The van der Waals surface area contributed by atoms with Gasteiger partial charge in [-0.15, -0.1) is 11.3 Å². The van der Waals surface area contributed by atoms with Crippen molar-refractivity contribution in [1.29, 1.82) is 0 Å². The zero-order chi connectivity index (χ0) is 25.6. The lowest BCUT2D eigenvalue weighted by molar-refractivity contribution is 0.0534. The first-order valence-electron chi connectivity index (χ1n) is 11.1. The first-order valence-corrected chi connectivity index (χ1v) is 13.8. The molecule has 0 unspecified atom stereocenters. The Bertz CT molecular complexity index is 1740. The van der Waals surface area contributed by atoms with Crippen molar-refractivity contribution in [2.75, 3.05) is 17.5 Å². The highest BCUT2D eigenvalue weighted by atomic mass is 35.5. The Morgan fingerprint density at radius 3 is 2.72 bits per heavy atom. The standard InChI is InChI=1S/C24H20ClN3O6S2/c1-2-34-23(30)21-20-17(13-35-21)26-24(31)28(22(20)29)19-12-15(9-10-16(19)25)36(32,33)27-11-5-7-14-6-3-4-8-18(14)27/h3-4,6,8-10,12-13H,2,5,7,11H2,1H3,(H,26,31). The van der Waals surface area contributed by atoms with Gasteiger partial charge >= 0.3 is 11.7 Å². The van der Waals surface area contributed by atoms with E-state index in [1.807, 2.05) is 12.1 Å². The van der Waals surface area contributed by atoms with E-state index in [4.69, 9.17) is 16.3 Å². The molecule has 2 aromatic carbocycles. The van der Waals surface area contributed by atoms with Crippen molar-refractivity contribution in [3.63, 3.8) is 0 Å². The van der Waals surface area contributed by atoms with Gasteiger partial charge in [0.1, 0.15) is 4.88 Å².